The molecule has 2 atom stereocenters. The summed E-state index contributed by atoms with van der Waals surface area (Å²) in [6, 6.07) is -0.918. The van der Waals surface area contributed by atoms with E-state index in [4.69, 9.17) is 10.2 Å². The Bertz CT molecular complexity index is 285. The number of carboxylic acid groups (broad SMARTS) is 2. The van der Waals surface area contributed by atoms with Gasteiger partial charge >= 0.3 is 11.9 Å². The Hall–Kier alpha value is -1.10. The van der Waals surface area contributed by atoms with Crippen molar-refractivity contribution < 1.29 is 19.8 Å². The van der Waals surface area contributed by atoms with Gasteiger partial charge in [0.2, 0.25) is 0 Å². The third-order valence-corrected chi connectivity index (χ3v) is 3.29. The molecule has 5 heteroatoms. The lowest BCUT2D eigenvalue weighted by atomic mass is 9.82. The van der Waals surface area contributed by atoms with E-state index in [-0.39, 0.29) is 5.41 Å². The highest BCUT2D eigenvalue weighted by Gasteiger charge is 2.52. The average molecular weight is 199 g/mol. The minimum atomic E-state index is -1.06. The standard InChI is InChI=1S/C9H13NO4/c11-7(12)5-3-9(1-2-9)4-10-6(5)8(13)14/h5-6,10H,1-4H2,(H,11,12)(H,13,14). The lowest BCUT2D eigenvalue weighted by molar-refractivity contribution is -0.153. The van der Waals surface area contributed by atoms with Crippen LogP contribution in [0.2, 0.25) is 0 Å². The first kappa shape index (κ1) is 9.45. The van der Waals surface area contributed by atoms with Crippen LogP contribution >= 0.6 is 0 Å². The molecule has 2 unspecified atom stereocenters. The van der Waals surface area contributed by atoms with Crippen molar-refractivity contribution >= 4 is 11.9 Å². The first-order valence-corrected chi connectivity index (χ1v) is 4.73. The number of nitrogens with one attached hydrogen (secondary N) is 1. The van der Waals surface area contributed by atoms with Gasteiger partial charge in [-0.3, -0.25) is 9.59 Å². The minimum Gasteiger partial charge on any atom is -0.481 e. The van der Waals surface area contributed by atoms with Gasteiger partial charge in [-0.15, -0.1) is 0 Å². The topological polar surface area (TPSA) is 86.6 Å². The summed E-state index contributed by atoms with van der Waals surface area (Å²) in [5.74, 6) is -2.84. The molecule has 1 aliphatic heterocycles. The zero-order valence-corrected chi connectivity index (χ0v) is 7.69. The zero-order valence-electron chi connectivity index (χ0n) is 7.69. The smallest absolute Gasteiger partial charge is 0.321 e. The van der Waals surface area contributed by atoms with Crippen molar-refractivity contribution in [2.45, 2.75) is 25.3 Å². The van der Waals surface area contributed by atoms with Gasteiger partial charge in [-0.05, 0) is 24.7 Å². The lowest BCUT2D eigenvalue weighted by Gasteiger charge is -2.32. The monoisotopic (exact) mass is 199 g/mol. The van der Waals surface area contributed by atoms with E-state index in [9.17, 15) is 9.59 Å². The fourth-order valence-electron chi connectivity index (χ4n) is 2.17. The van der Waals surface area contributed by atoms with E-state index in [0.29, 0.717) is 13.0 Å². The summed E-state index contributed by atoms with van der Waals surface area (Å²) in [5.41, 5.74) is 0.0923. The number of rotatable bonds is 2. The number of piperidine rings is 1. The molecule has 1 saturated heterocycles. The molecule has 0 bridgehead atoms. The Morgan fingerprint density at radius 2 is 1.86 bits per heavy atom. The molecule has 0 amide bonds. The van der Waals surface area contributed by atoms with Crippen LogP contribution in [0.4, 0.5) is 0 Å². The molecule has 1 saturated carbocycles. The normalized spacial score (nSPS) is 34.0. The van der Waals surface area contributed by atoms with E-state index in [1.165, 1.54) is 0 Å². The molecule has 0 aromatic heterocycles. The van der Waals surface area contributed by atoms with E-state index in [1.54, 1.807) is 0 Å². The van der Waals surface area contributed by atoms with Gasteiger partial charge in [-0.1, -0.05) is 0 Å². The van der Waals surface area contributed by atoms with Crippen LogP contribution in [0.15, 0.2) is 0 Å². The lowest BCUT2D eigenvalue weighted by Crippen LogP contribution is -2.53. The molecular formula is C9H13NO4. The minimum absolute atomic E-state index is 0.0923. The quantitative estimate of drug-likeness (QED) is 0.578. The summed E-state index contributed by atoms with van der Waals surface area (Å²) in [6.07, 6.45) is 2.55. The summed E-state index contributed by atoms with van der Waals surface area (Å²) < 4.78 is 0. The first-order chi connectivity index (χ1) is 6.54. The predicted molar refractivity (Wildman–Crippen MR) is 46.8 cm³/mol. The SMILES string of the molecule is O=C(O)C1CC2(CC2)CNC1C(=O)O. The van der Waals surface area contributed by atoms with Crippen molar-refractivity contribution in [2.75, 3.05) is 6.54 Å². The predicted octanol–water partition coefficient (Wildman–Crippen LogP) is -0.0861. The summed E-state index contributed by atoms with van der Waals surface area (Å²) in [4.78, 5) is 21.7. The summed E-state index contributed by atoms with van der Waals surface area (Å²) in [7, 11) is 0. The Morgan fingerprint density at radius 1 is 1.21 bits per heavy atom. The van der Waals surface area contributed by atoms with Crippen LogP contribution in [0.5, 0.6) is 0 Å². The van der Waals surface area contributed by atoms with Crippen molar-refractivity contribution in [1.82, 2.24) is 5.32 Å². The second kappa shape index (κ2) is 2.95. The van der Waals surface area contributed by atoms with Crippen LogP contribution in [0.1, 0.15) is 19.3 Å². The largest absolute Gasteiger partial charge is 0.481 e. The molecule has 3 N–H and O–H groups in total. The third-order valence-electron chi connectivity index (χ3n) is 3.29. The molecule has 5 nitrogen and oxygen atoms in total. The molecule has 2 fully saturated rings. The molecule has 1 heterocycles. The van der Waals surface area contributed by atoms with Crippen LogP contribution in [0, 0.1) is 11.3 Å². The molecule has 1 spiro atoms. The van der Waals surface area contributed by atoms with E-state index in [0.717, 1.165) is 12.8 Å². The van der Waals surface area contributed by atoms with Crippen molar-refractivity contribution in [3.05, 3.63) is 0 Å². The molecule has 0 aromatic rings. The number of aliphatic carboxylic acids is 2. The van der Waals surface area contributed by atoms with Crippen molar-refractivity contribution in [3.63, 3.8) is 0 Å². The van der Waals surface area contributed by atoms with Gasteiger partial charge in [-0.25, -0.2) is 0 Å². The van der Waals surface area contributed by atoms with Crippen LogP contribution in [-0.4, -0.2) is 34.7 Å². The molecule has 14 heavy (non-hydrogen) atoms. The Labute approximate surface area is 81.1 Å². The van der Waals surface area contributed by atoms with Crippen LogP contribution in [-0.2, 0) is 9.59 Å². The highest BCUT2D eigenvalue weighted by atomic mass is 16.4. The van der Waals surface area contributed by atoms with Gasteiger partial charge in [0.15, 0.2) is 0 Å². The van der Waals surface area contributed by atoms with Crippen molar-refractivity contribution in [2.24, 2.45) is 11.3 Å². The van der Waals surface area contributed by atoms with Gasteiger partial charge in [0.1, 0.15) is 6.04 Å². The molecule has 78 valence electrons. The van der Waals surface area contributed by atoms with Crippen molar-refractivity contribution in [3.8, 4) is 0 Å². The summed E-state index contributed by atoms with van der Waals surface area (Å²) >= 11 is 0. The van der Waals surface area contributed by atoms with Gasteiger partial charge in [0.25, 0.3) is 0 Å². The van der Waals surface area contributed by atoms with Crippen LogP contribution in [0.25, 0.3) is 0 Å². The zero-order chi connectivity index (χ0) is 10.3. The molecule has 0 aromatic carbocycles. The summed E-state index contributed by atoms with van der Waals surface area (Å²) in [6.45, 7) is 0.647. The highest BCUT2D eigenvalue weighted by molar-refractivity contribution is 5.83. The Balaban J connectivity index is 2.12. The Morgan fingerprint density at radius 3 is 2.29 bits per heavy atom. The first-order valence-electron chi connectivity index (χ1n) is 4.73. The number of hydrogen-bond acceptors (Lipinski definition) is 3. The van der Waals surface area contributed by atoms with Crippen LogP contribution in [0.3, 0.4) is 0 Å². The van der Waals surface area contributed by atoms with E-state index in [1.807, 2.05) is 0 Å². The second-order valence-electron chi connectivity index (χ2n) is 4.35. The molecular weight excluding hydrogens is 186 g/mol. The summed E-state index contributed by atoms with van der Waals surface area (Å²) in [5, 5.41) is 20.6. The van der Waals surface area contributed by atoms with Gasteiger partial charge in [0, 0.05) is 6.54 Å². The van der Waals surface area contributed by atoms with Gasteiger partial charge < -0.3 is 15.5 Å². The van der Waals surface area contributed by atoms with Crippen LogP contribution < -0.4 is 5.32 Å². The fraction of sp³-hybridized carbons (Fsp3) is 0.778. The highest BCUT2D eigenvalue weighted by Crippen LogP contribution is 2.52. The van der Waals surface area contributed by atoms with Gasteiger partial charge in [-0.2, -0.15) is 0 Å². The number of carboxylic acids is 2. The maximum atomic E-state index is 10.9. The third kappa shape index (κ3) is 1.48. The second-order valence-corrected chi connectivity index (χ2v) is 4.35. The van der Waals surface area contributed by atoms with E-state index in [2.05, 4.69) is 5.32 Å². The number of hydrogen-bond donors (Lipinski definition) is 3. The maximum Gasteiger partial charge on any atom is 0.321 e. The molecule has 2 rings (SSSR count). The van der Waals surface area contributed by atoms with Crippen molar-refractivity contribution in [1.29, 1.82) is 0 Å². The van der Waals surface area contributed by atoms with E-state index >= 15 is 0 Å². The maximum absolute atomic E-state index is 10.9. The average Bonchev–Trinajstić information content (AvgIpc) is 2.84. The van der Waals surface area contributed by atoms with Gasteiger partial charge in [0.05, 0.1) is 5.92 Å². The molecule has 0 radical (unpaired) electrons. The molecule has 1 aliphatic carbocycles. The fourth-order valence-corrected chi connectivity index (χ4v) is 2.17. The Kier molecular flexibility index (Phi) is 1.99. The van der Waals surface area contributed by atoms with E-state index < -0.39 is 23.9 Å². The number of carbonyl (C=O) groups is 2. The molecule has 2 aliphatic rings.